The van der Waals surface area contributed by atoms with Gasteiger partial charge in [0.1, 0.15) is 16.7 Å². The van der Waals surface area contributed by atoms with Crippen molar-refractivity contribution in [2.75, 3.05) is 0 Å². The van der Waals surface area contributed by atoms with Crippen LogP contribution in [-0.4, -0.2) is 19.0 Å². The highest BCUT2D eigenvalue weighted by molar-refractivity contribution is 7.84. The van der Waals surface area contributed by atoms with E-state index < -0.39 is 37.9 Å². The Labute approximate surface area is 159 Å². The molecule has 142 valence electrons. The molecule has 2 aromatic rings. The van der Waals surface area contributed by atoms with Gasteiger partial charge in [0.05, 0.1) is 33.6 Å². The van der Waals surface area contributed by atoms with Crippen LogP contribution in [-0.2, 0) is 23.1 Å². The van der Waals surface area contributed by atoms with Gasteiger partial charge in [-0.25, -0.2) is 17.7 Å². The Hall–Kier alpha value is -1.41. The standard InChI is InChI=1S/C18H21ClF2N2O2S/c1-17(2,3)26(25)23-18(4,15-6-5-11(10-24)9-22-15)12-7-13(20)16(19)14(21)8-12/h5-9,23-24H,10H2,1-4H3/t18?,26-/m1/s1. The summed E-state index contributed by atoms with van der Waals surface area (Å²) in [6.07, 6.45) is 1.46. The van der Waals surface area contributed by atoms with Crippen molar-refractivity contribution < 1.29 is 18.1 Å². The molecule has 1 unspecified atom stereocenters. The van der Waals surface area contributed by atoms with Crippen LogP contribution in [0.5, 0.6) is 0 Å². The minimum Gasteiger partial charge on any atom is -0.392 e. The lowest BCUT2D eigenvalue weighted by atomic mass is 9.89. The zero-order valence-electron chi connectivity index (χ0n) is 14.9. The molecular weight excluding hydrogens is 382 g/mol. The zero-order chi connectivity index (χ0) is 19.7. The van der Waals surface area contributed by atoms with E-state index in [1.54, 1.807) is 39.8 Å². The Morgan fingerprint density at radius 2 is 1.77 bits per heavy atom. The number of hydrogen-bond acceptors (Lipinski definition) is 3. The number of aliphatic hydroxyl groups excluding tert-OH is 1. The van der Waals surface area contributed by atoms with Gasteiger partial charge in [-0.05, 0) is 57.0 Å². The van der Waals surface area contributed by atoms with E-state index in [9.17, 15) is 18.1 Å². The third kappa shape index (κ3) is 4.28. The highest BCUT2D eigenvalue weighted by atomic mass is 35.5. The summed E-state index contributed by atoms with van der Waals surface area (Å²) in [6, 6.07) is 5.45. The van der Waals surface area contributed by atoms with Crippen LogP contribution in [0.4, 0.5) is 8.78 Å². The first-order chi connectivity index (χ1) is 12.0. The molecule has 2 N–H and O–H groups in total. The Bertz CT molecular complexity index is 802. The first-order valence-electron chi connectivity index (χ1n) is 7.90. The second-order valence-corrected chi connectivity index (χ2v) is 9.42. The number of hydrogen-bond donors (Lipinski definition) is 2. The first kappa shape index (κ1) is 20.9. The second kappa shape index (κ2) is 7.68. The molecule has 26 heavy (non-hydrogen) atoms. The summed E-state index contributed by atoms with van der Waals surface area (Å²) in [5.74, 6) is -1.83. The molecule has 0 aliphatic carbocycles. The van der Waals surface area contributed by atoms with Gasteiger partial charge in [0.15, 0.2) is 0 Å². The molecule has 2 atom stereocenters. The second-order valence-electron chi connectivity index (χ2n) is 7.07. The van der Waals surface area contributed by atoms with E-state index in [4.69, 9.17) is 11.6 Å². The minimum absolute atomic E-state index is 0.185. The van der Waals surface area contributed by atoms with Crippen molar-refractivity contribution in [2.24, 2.45) is 0 Å². The molecule has 1 aromatic carbocycles. The Morgan fingerprint density at radius 1 is 1.19 bits per heavy atom. The molecule has 0 fully saturated rings. The average molecular weight is 403 g/mol. The molecule has 0 spiro atoms. The van der Waals surface area contributed by atoms with Crippen LogP contribution in [0.25, 0.3) is 0 Å². The Morgan fingerprint density at radius 3 is 2.19 bits per heavy atom. The van der Waals surface area contributed by atoms with Gasteiger partial charge in [0.25, 0.3) is 0 Å². The van der Waals surface area contributed by atoms with Crippen LogP contribution >= 0.6 is 11.6 Å². The predicted octanol–water partition coefficient (Wildman–Crippen LogP) is 3.82. The number of aromatic nitrogens is 1. The number of rotatable bonds is 5. The molecule has 8 heteroatoms. The Balaban J connectivity index is 2.62. The lowest BCUT2D eigenvalue weighted by Crippen LogP contribution is -2.47. The van der Waals surface area contributed by atoms with Crippen molar-refractivity contribution in [3.8, 4) is 0 Å². The molecule has 1 aromatic heterocycles. The van der Waals surface area contributed by atoms with Crippen LogP contribution < -0.4 is 4.72 Å². The van der Waals surface area contributed by atoms with E-state index in [1.165, 1.54) is 6.20 Å². The summed E-state index contributed by atoms with van der Waals surface area (Å²) in [6.45, 7) is 6.79. The largest absolute Gasteiger partial charge is 0.392 e. The van der Waals surface area contributed by atoms with Crippen molar-refractivity contribution in [1.82, 2.24) is 9.71 Å². The third-order valence-electron chi connectivity index (χ3n) is 3.93. The van der Waals surface area contributed by atoms with E-state index in [0.717, 1.165) is 12.1 Å². The highest BCUT2D eigenvalue weighted by Crippen LogP contribution is 2.33. The fourth-order valence-electron chi connectivity index (χ4n) is 2.26. The van der Waals surface area contributed by atoms with Gasteiger partial charge in [-0.15, -0.1) is 0 Å². The highest BCUT2D eigenvalue weighted by Gasteiger charge is 2.36. The first-order valence-corrected chi connectivity index (χ1v) is 9.43. The van der Waals surface area contributed by atoms with E-state index in [2.05, 4.69) is 9.71 Å². The maximum Gasteiger partial charge on any atom is 0.145 e. The molecule has 0 radical (unpaired) electrons. The van der Waals surface area contributed by atoms with Crippen molar-refractivity contribution in [3.63, 3.8) is 0 Å². The van der Waals surface area contributed by atoms with E-state index in [-0.39, 0.29) is 12.2 Å². The van der Waals surface area contributed by atoms with E-state index >= 15 is 0 Å². The predicted molar refractivity (Wildman–Crippen MR) is 99.0 cm³/mol. The van der Waals surface area contributed by atoms with Crippen LogP contribution in [0.3, 0.4) is 0 Å². The number of nitrogens with one attached hydrogen (secondary N) is 1. The van der Waals surface area contributed by atoms with Crippen LogP contribution in [0.15, 0.2) is 30.5 Å². The number of nitrogens with zero attached hydrogens (tertiary/aromatic N) is 1. The summed E-state index contributed by atoms with van der Waals surface area (Å²) in [4.78, 5) is 4.28. The summed E-state index contributed by atoms with van der Waals surface area (Å²) in [5, 5.41) is 8.59. The van der Waals surface area contributed by atoms with Gasteiger partial charge >= 0.3 is 0 Å². The van der Waals surface area contributed by atoms with Gasteiger partial charge in [-0.2, -0.15) is 0 Å². The molecular formula is C18H21ClF2N2O2S. The Kier molecular flexibility index (Phi) is 6.17. The minimum atomic E-state index is -1.55. The fraction of sp³-hybridized carbons (Fsp3) is 0.389. The van der Waals surface area contributed by atoms with Crippen molar-refractivity contribution in [3.05, 3.63) is 63.9 Å². The lowest BCUT2D eigenvalue weighted by molar-refractivity contribution is 0.281. The number of benzene rings is 1. The molecule has 1 heterocycles. The maximum absolute atomic E-state index is 14.0. The van der Waals surface area contributed by atoms with Gasteiger partial charge in [0.2, 0.25) is 0 Å². The summed E-state index contributed by atoms with van der Waals surface area (Å²) < 4.78 is 43.1. The number of aliphatic hydroxyl groups is 1. The topological polar surface area (TPSA) is 62.2 Å². The zero-order valence-corrected chi connectivity index (χ0v) is 16.5. The molecule has 4 nitrogen and oxygen atoms in total. The molecule has 0 aliphatic rings. The molecule has 0 aliphatic heterocycles. The van der Waals surface area contributed by atoms with Gasteiger partial charge in [-0.1, -0.05) is 17.7 Å². The van der Waals surface area contributed by atoms with Crippen molar-refractivity contribution in [1.29, 1.82) is 0 Å². The van der Waals surface area contributed by atoms with Crippen LogP contribution in [0.2, 0.25) is 5.02 Å². The van der Waals surface area contributed by atoms with Crippen molar-refractivity contribution >= 4 is 22.6 Å². The van der Waals surface area contributed by atoms with E-state index in [1.807, 2.05) is 0 Å². The number of halogens is 3. The number of pyridine rings is 1. The van der Waals surface area contributed by atoms with Crippen molar-refractivity contribution in [2.45, 2.75) is 44.6 Å². The van der Waals surface area contributed by atoms with Gasteiger partial charge < -0.3 is 5.11 Å². The summed E-state index contributed by atoms with van der Waals surface area (Å²) >= 11 is 5.59. The SMILES string of the molecule is CC(N[S@](=O)C(C)(C)C)(c1cc(F)c(Cl)c(F)c1)c1ccc(CO)cn1. The lowest BCUT2D eigenvalue weighted by Gasteiger charge is -2.33. The fourth-order valence-corrected chi connectivity index (χ4v) is 3.26. The maximum atomic E-state index is 14.0. The molecule has 0 amide bonds. The van der Waals surface area contributed by atoms with Crippen LogP contribution in [0, 0.1) is 11.6 Å². The van der Waals surface area contributed by atoms with Crippen LogP contribution in [0.1, 0.15) is 44.5 Å². The van der Waals surface area contributed by atoms with E-state index in [0.29, 0.717) is 11.3 Å². The molecule has 0 saturated carbocycles. The van der Waals surface area contributed by atoms with Gasteiger partial charge in [0, 0.05) is 6.20 Å². The smallest absolute Gasteiger partial charge is 0.145 e. The quantitative estimate of drug-likeness (QED) is 0.747. The average Bonchev–Trinajstić information content (AvgIpc) is 2.58. The monoisotopic (exact) mass is 402 g/mol. The molecule has 0 saturated heterocycles. The summed E-state index contributed by atoms with van der Waals surface area (Å²) in [5.41, 5.74) is -0.0769. The normalized spacial score (nSPS) is 15.5. The molecule has 2 rings (SSSR count). The summed E-state index contributed by atoms with van der Waals surface area (Å²) in [7, 11) is -1.55. The third-order valence-corrected chi connectivity index (χ3v) is 6.00. The van der Waals surface area contributed by atoms with Gasteiger partial charge in [-0.3, -0.25) is 4.98 Å². The molecule has 0 bridgehead atoms.